The molecule has 0 bridgehead atoms. The van der Waals surface area contributed by atoms with Gasteiger partial charge >= 0.3 is 12.1 Å². The molecule has 3 rings (SSSR count). The first kappa shape index (κ1) is 41.2. The molecule has 2 aromatic rings. The van der Waals surface area contributed by atoms with Crippen LogP contribution in [0.25, 0.3) is 0 Å². The van der Waals surface area contributed by atoms with Crippen LogP contribution >= 0.6 is 22.6 Å². The third-order valence-electron chi connectivity index (χ3n) is 8.76. The van der Waals surface area contributed by atoms with Crippen LogP contribution in [0, 0.1) is 9.49 Å². The Balaban J connectivity index is 1.84. The molecule has 1 heterocycles. The Morgan fingerprint density at radius 1 is 0.980 bits per heavy atom. The number of nitrogens with one attached hydrogen (secondary N) is 3. The Morgan fingerprint density at radius 2 is 1.64 bits per heavy atom. The maximum atomic E-state index is 14.2. The Bertz CT molecular complexity index is 1510. The molecule has 1 fully saturated rings. The molecule has 0 aliphatic carbocycles. The molecule has 0 spiro atoms. The van der Waals surface area contributed by atoms with E-state index in [0.717, 1.165) is 14.7 Å². The van der Waals surface area contributed by atoms with Crippen LogP contribution in [-0.4, -0.2) is 67.5 Å². The lowest BCUT2D eigenvalue weighted by Crippen LogP contribution is -2.62. The molecule has 3 N–H and O–H groups in total. The molecule has 13 heteroatoms. The highest BCUT2D eigenvalue weighted by molar-refractivity contribution is 14.1. The topological polar surface area (TPSA) is 135 Å². The molecule has 50 heavy (non-hydrogen) atoms. The van der Waals surface area contributed by atoms with Crippen LogP contribution in [0.4, 0.5) is 4.79 Å². The van der Waals surface area contributed by atoms with Gasteiger partial charge in [0.05, 0.1) is 0 Å². The van der Waals surface area contributed by atoms with Gasteiger partial charge in [-0.2, -0.15) is 0 Å². The van der Waals surface area contributed by atoms with E-state index in [2.05, 4.69) is 72.5 Å². The smallest absolute Gasteiger partial charge is 0.408 e. The molecule has 3 unspecified atom stereocenters. The number of benzene rings is 2. The number of ether oxygens (including phenoxy) is 2. The van der Waals surface area contributed by atoms with Gasteiger partial charge in [0.1, 0.15) is 36.1 Å². The fourth-order valence-corrected chi connectivity index (χ4v) is 6.67. The highest BCUT2D eigenvalue weighted by Gasteiger charge is 2.39. The summed E-state index contributed by atoms with van der Waals surface area (Å²) >= 11 is 2.21. The number of carbonyl (C=O) groups excluding carboxylic acids is 4. The number of hydrogen-bond acceptors (Lipinski definition) is 8. The molecular weight excluding hydrogens is 767 g/mol. The first-order valence-electron chi connectivity index (χ1n) is 17.2. The van der Waals surface area contributed by atoms with Crippen LogP contribution in [0.2, 0.25) is 18.1 Å². The molecule has 1 aliphatic rings. The molecule has 0 radical (unpaired) electrons. The van der Waals surface area contributed by atoms with Crippen LogP contribution in [0.3, 0.4) is 0 Å². The number of halogens is 1. The monoisotopic (exact) mass is 822 g/mol. The minimum Gasteiger partial charge on any atom is -0.543 e. The first-order valence-corrected chi connectivity index (χ1v) is 21.2. The predicted octanol–water partition coefficient (Wildman–Crippen LogP) is 6.49. The summed E-state index contributed by atoms with van der Waals surface area (Å²) in [6, 6.07) is 12.5. The van der Waals surface area contributed by atoms with Gasteiger partial charge in [0.15, 0.2) is 0 Å². The van der Waals surface area contributed by atoms with Gasteiger partial charge in [-0.3, -0.25) is 19.4 Å². The first-order chi connectivity index (χ1) is 23.1. The average molecular weight is 823 g/mol. The lowest BCUT2D eigenvalue weighted by atomic mass is 10.0. The number of rotatable bonds is 12. The summed E-state index contributed by atoms with van der Waals surface area (Å²) in [5.74, 6) is -1.00. The Morgan fingerprint density at radius 3 is 2.26 bits per heavy atom. The van der Waals surface area contributed by atoms with Crippen molar-refractivity contribution < 1.29 is 33.1 Å². The van der Waals surface area contributed by atoms with E-state index in [0.29, 0.717) is 25.1 Å². The van der Waals surface area contributed by atoms with Crippen LogP contribution < -0.4 is 20.5 Å². The second kappa shape index (κ2) is 17.4. The third-order valence-corrected chi connectivity index (χ3v) is 13.8. The van der Waals surface area contributed by atoms with Crippen molar-refractivity contribution in [1.82, 2.24) is 21.1 Å². The van der Waals surface area contributed by atoms with Crippen molar-refractivity contribution in [3.63, 3.8) is 0 Å². The minimum absolute atomic E-state index is 0.0141. The van der Waals surface area contributed by atoms with Crippen LogP contribution in [0.5, 0.6) is 5.75 Å². The van der Waals surface area contributed by atoms with Crippen molar-refractivity contribution in [1.29, 1.82) is 0 Å². The fraction of sp³-hybridized carbons (Fsp3) is 0.568. The van der Waals surface area contributed by atoms with Gasteiger partial charge < -0.3 is 24.5 Å². The number of hydrogen-bond donors (Lipinski definition) is 3. The van der Waals surface area contributed by atoms with E-state index < -0.39 is 55.9 Å². The summed E-state index contributed by atoms with van der Waals surface area (Å²) in [4.78, 5) is 53.8. The van der Waals surface area contributed by atoms with Gasteiger partial charge in [-0.15, -0.1) is 0 Å². The Hall–Kier alpha value is -3.17. The number of esters is 1. The summed E-state index contributed by atoms with van der Waals surface area (Å²) < 4.78 is 18.6. The quantitative estimate of drug-likeness (QED) is 0.126. The van der Waals surface area contributed by atoms with Gasteiger partial charge in [0.2, 0.25) is 14.2 Å². The van der Waals surface area contributed by atoms with Crippen molar-refractivity contribution in [3.05, 3.63) is 63.2 Å². The fourth-order valence-electron chi connectivity index (χ4n) is 5.04. The normalized spacial score (nSPS) is 16.6. The molecular formula is C37H55IN4O7Si. The van der Waals surface area contributed by atoms with Gasteiger partial charge in [0.25, 0.3) is 5.91 Å². The molecule has 1 saturated heterocycles. The summed E-state index contributed by atoms with van der Waals surface area (Å²) in [5, 5.41) is 6.96. The Labute approximate surface area is 312 Å². The summed E-state index contributed by atoms with van der Waals surface area (Å²) in [6.07, 6.45) is 0.478. The zero-order valence-electron chi connectivity index (χ0n) is 31.1. The second-order valence-corrected chi connectivity index (χ2v) is 21.7. The summed E-state index contributed by atoms with van der Waals surface area (Å²) in [5.41, 5.74) is 3.96. The number of alkyl carbamates (subject to hydrolysis) is 1. The second-order valence-electron chi connectivity index (χ2n) is 15.7. The van der Waals surface area contributed by atoms with Crippen molar-refractivity contribution >= 4 is 54.8 Å². The predicted molar refractivity (Wildman–Crippen MR) is 205 cm³/mol. The minimum atomic E-state index is -2.15. The molecule has 276 valence electrons. The standard InChI is InChI=1S/C37H55IN4O7Si/c1-24(2)31(40-35(46)48-36(3,4)5)32(43)39-30(22-25-14-12-17-28(21-25)49-50(9,10)37(6,7)8)33(44)42-19-13-18-29(41-42)34(45)47-23-26-15-11-16-27(38)20-26/h11-12,14-17,20-21,24,29-31,41H,13,18-19,22-23H2,1-10H3,(H,39,43)(H,40,46). The number of nitrogens with zero attached hydrogens (tertiary/aromatic N) is 1. The number of hydrazine groups is 1. The summed E-state index contributed by atoms with van der Waals surface area (Å²) in [6.45, 7) is 20.1. The van der Waals surface area contributed by atoms with Crippen molar-refractivity contribution in [2.24, 2.45) is 5.92 Å². The molecule has 3 atom stereocenters. The number of amides is 3. The van der Waals surface area contributed by atoms with Gasteiger partial charge in [0, 0.05) is 16.5 Å². The zero-order valence-corrected chi connectivity index (χ0v) is 34.3. The highest BCUT2D eigenvalue weighted by atomic mass is 127. The van der Waals surface area contributed by atoms with Gasteiger partial charge in [-0.25, -0.2) is 10.2 Å². The Kier molecular flexibility index (Phi) is 14.3. The van der Waals surface area contributed by atoms with Crippen molar-refractivity contribution in [2.75, 3.05) is 6.54 Å². The van der Waals surface area contributed by atoms with E-state index in [1.165, 1.54) is 5.01 Å². The van der Waals surface area contributed by atoms with Gasteiger partial charge in [-0.05, 0) is 116 Å². The van der Waals surface area contributed by atoms with E-state index in [1.54, 1.807) is 34.6 Å². The van der Waals surface area contributed by atoms with Gasteiger partial charge in [-0.1, -0.05) is 58.9 Å². The van der Waals surface area contributed by atoms with Crippen LogP contribution in [-0.2, 0) is 36.9 Å². The lowest BCUT2D eigenvalue weighted by molar-refractivity contribution is -0.154. The van der Waals surface area contributed by atoms with Crippen molar-refractivity contribution in [2.45, 2.75) is 123 Å². The molecule has 3 amide bonds. The van der Waals surface area contributed by atoms with E-state index in [1.807, 2.05) is 48.5 Å². The van der Waals surface area contributed by atoms with Crippen LogP contribution in [0.1, 0.15) is 79.4 Å². The van der Waals surface area contributed by atoms with Crippen molar-refractivity contribution in [3.8, 4) is 5.75 Å². The summed E-state index contributed by atoms with van der Waals surface area (Å²) in [7, 11) is -2.15. The number of carbonyl (C=O) groups is 4. The molecule has 1 aliphatic heterocycles. The SMILES string of the molecule is CC(C)C(NC(=O)OC(C)(C)C)C(=O)NC(Cc1cccc(O[Si](C)(C)C(C)(C)C)c1)C(=O)N1CCCC(C(=O)OCc2cccc(I)c2)N1. The average Bonchev–Trinajstić information content (AvgIpc) is 3.00. The maximum absolute atomic E-state index is 14.2. The van der Waals surface area contributed by atoms with E-state index in [9.17, 15) is 19.2 Å². The molecule has 0 saturated carbocycles. The van der Waals surface area contributed by atoms with E-state index in [-0.39, 0.29) is 24.0 Å². The highest BCUT2D eigenvalue weighted by Crippen LogP contribution is 2.37. The molecule has 2 aromatic carbocycles. The van der Waals surface area contributed by atoms with E-state index >= 15 is 0 Å². The maximum Gasteiger partial charge on any atom is 0.408 e. The largest absolute Gasteiger partial charge is 0.543 e. The third kappa shape index (κ3) is 12.6. The molecule has 11 nitrogen and oxygen atoms in total. The van der Waals surface area contributed by atoms with Crippen LogP contribution in [0.15, 0.2) is 48.5 Å². The van der Waals surface area contributed by atoms with E-state index in [4.69, 9.17) is 13.9 Å². The lowest BCUT2D eigenvalue weighted by Gasteiger charge is -2.36. The zero-order chi connectivity index (χ0) is 37.4. The molecule has 0 aromatic heterocycles.